The standard InChI is InChI=1S/C14H17F2N3O/c1-3-17-8-10-9-18-19(13(10)14(15)16)11-5-4-6-12(7-11)20-2/h4-7,9,14,17H,3,8H2,1-2H3. The lowest BCUT2D eigenvalue weighted by Crippen LogP contribution is -2.13. The monoisotopic (exact) mass is 281 g/mol. The number of hydrogen-bond acceptors (Lipinski definition) is 3. The summed E-state index contributed by atoms with van der Waals surface area (Å²) in [6.07, 6.45) is -1.11. The lowest BCUT2D eigenvalue weighted by molar-refractivity contribution is 0.141. The molecule has 6 heteroatoms. The van der Waals surface area contributed by atoms with Gasteiger partial charge < -0.3 is 10.1 Å². The maximum atomic E-state index is 13.3. The molecule has 0 aliphatic rings. The molecule has 0 aliphatic carbocycles. The largest absolute Gasteiger partial charge is 0.497 e. The minimum atomic E-state index is -2.59. The molecule has 0 bridgehead atoms. The van der Waals surface area contributed by atoms with Gasteiger partial charge in [-0.3, -0.25) is 0 Å². The van der Waals surface area contributed by atoms with Crippen LogP contribution in [0.15, 0.2) is 30.5 Å². The zero-order valence-electron chi connectivity index (χ0n) is 11.4. The number of methoxy groups -OCH3 is 1. The molecule has 1 aromatic heterocycles. The highest BCUT2D eigenvalue weighted by Crippen LogP contribution is 2.27. The van der Waals surface area contributed by atoms with Crippen LogP contribution in [0.25, 0.3) is 5.69 Å². The molecule has 0 saturated carbocycles. The number of hydrogen-bond donors (Lipinski definition) is 1. The van der Waals surface area contributed by atoms with Gasteiger partial charge in [0.15, 0.2) is 0 Å². The first-order chi connectivity index (χ1) is 9.67. The highest BCUT2D eigenvalue weighted by molar-refractivity contribution is 5.41. The summed E-state index contributed by atoms with van der Waals surface area (Å²) in [4.78, 5) is 0. The van der Waals surface area contributed by atoms with E-state index in [-0.39, 0.29) is 5.69 Å². The third-order valence-corrected chi connectivity index (χ3v) is 2.96. The van der Waals surface area contributed by atoms with Crippen LogP contribution in [0.3, 0.4) is 0 Å². The number of halogens is 2. The molecule has 0 spiro atoms. The van der Waals surface area contributed by atoms with Crippen LogP contribution in [0.2, 0.25) is 0 Å². The molecule has 0 saturated heterocycles. The second-order valence-electron chi connectivity index (χ2n) is 4.25. The van der Waals surface area contributed by atoms with Crippen molar-refractivity contribution in [2.24, 2.45) is 0 Å². The number of benzene rings is 1. The summed E-state index contributed by atoms with van der Waals surface area (Å²) in [5.74, 6) is 0.603. The third kappa shape index (κ3) is 2.96. The summed E-state index contributed by atoms with van der Waals surface area (Å²) in [7, 11) is 1.53. The van der Waals surface area contributed by atoms with Crippen molar-refractivity contribution in [3.05, 3.63) is 41.7 Å². The van der Waals surface area contributed by atoms with Gasteiger partial charge in [0.25, 0.3) is 6.43 Å². The molecule has 20 heavy (non-hydrogen) atoms. The summed E-state index contributed by atoms with van der Waals surface area (Å²) in [6, 6.07) is 6.90. The Balaban J connectivity index is 2.42. The van der Waals surface area contributed by atoms with Gasteiger partial charge in [-0.05, 0) is 18.7 Å². The van der Waals surface area contributed by atoms with E-state index in [2.05, 4.69) is 10.4 Å². The van der Waals surface area contributed by atoms with E-state index < -0.39 is 6.43 Å². The normalized spacial score (nSPS) is 11.1. The predicted molar refractivity (Wildman–Crippen MR) is 72.5 cm³/mol. The van der Waals surface area contributed by atoms with Crippen molar-refractivity contribution in [3.8, 4) is 11.4 Å². The van der Waals surface area contributed by atoms with Crippen LogP contribution < -0.4 is 10.1 Å². The van der Waals surface area contributed by atoms with E-state index in [4.69, 9.17) is 4.74 Å². The molecule has 2 aromatic rings. The zero-order valence-corrected chi connectivity index (χ0v) is 11.4. The van der Waals surface area contributed by atoms with E-state index in [0.717, 1.165) is 0 Å². The highest BCUT2D eigenvalue weighted by Gasteiger charge is 2.20. The maximum Gasteiger partial charge on any atom is 0.280 e. The topological polar surface area (TPSA) is 39.1 Å². The quantitative estimate of drug-likeness (QED) is 0.885. The molecular formula is C14H17F2N3O. The second-order valence-corrected chi connectivity index (χ2v) is 4.25. The Morgan fingerprint density at radius 3 is 2.85 bits per heavy atom. The average Bonchev–Trinajstić information content (AvgIpc) is 2.89. The molecule has 0 amide bonds. The van der Waals surface area contributed by atoms with Crippen LogP contribution in [0, 0.1) is 0 Å². The van der Waals surface area contributed by atoms with Crippen LogP contribution >= 0.6 is 0 Å². The number of ether oxygens (including phenoxy) is 1. The minimum Gasteiger partial charge on any atom is -0.497 e. The van der Waals surface area contributed by atoms with Gasteiger partial charge in [-0.1, -0.05) is 13.0 Å². The Morgan fingerprint density at radius 2 is 2.20 bits per heavy atom. The van der Waals surface area contributed by atoms with Gasteiger partial charge in [-0.15, -0.1) is 0 Å². The van der Waals surface area contributed by atoms with Crippen LogP contribution in [0.1, 0.15) is 24.6 Å². The van der Waals surface area contributed by atoms with E-state index in [9.17, 15) is 8.78 Å². The zero-order chi connectivity index (χ0) is 14.5. The molecule has 0 atom stereocenters. The van der Waals surface area contributed by atoms with Crippen molar-refractivity contribution in [1.29, 1.82) is 0 Å². The van der Waals surface area contributed by atoms with E-state index in [1.165, 1.54) is 18.0 Å². The van der Waals surface area contributed by atoms with E-state index in [1.54, 1.807) is 24.3 Å². The number of alkyl halides is 2. The lowest BCUT2D eigenvalue weighted by atomic mass is 10.2. The second kappa shape index (κ2) is 6.47. The van der Waals surface area contributed by atoms with Crippen LogP contribution in [-0.4, -0.2) is 23.4 Å². The fourth-order valence-corrected chi connectivity index (χ4v) is 1.97. The molecule has 1 aromatic carbocycles. The molecule has 0 fully saturated rings. The van der Waals surface area contributed by atoms with Gasteiger partial charge in [-0.2, -0.15) is 5.10 Å². The molecule has 4 nitrogen and oxygen atoms in total. The van der Waals surface area contributed by atoms with E-state index in [1.807, 2.05) is 6.92 Å². The summed E-state index contributed by atoms with van der Waals surface area (Å²) in [5, 5.41) is 7.11. The number of aromatic nitrogens is 2. The van der Waals surface area contributed by atoms with E-state index >= 15 is 0 Å². The van der Waals surface area contributed by atoms with Gasteiger partial charge >= 0.3 is 0 Å². The Morgan fingerprint density at radius 1 is 1.40 bits per heavy atom. The molecule has 2 rings (SSSR count). The van der Waals surface area contributed by atoms with Gasteiger partial charge in [0, 0.05) is 18.2 Å². The van der Waals surface area contributed by atoms with Crippen molar-refractivity contribution in [1.82, 2.24) is 15.1 Å². The maximum absolute atomic E-state index is 13.3. The van der Waals surface area contributed by atoms with Gasteiger partial charge in [0.2, 0.25) is 0 Å². The van der Waals surface area contributed by atoms with E-state index in [0.29, 0.717) is 30.1 Å². The van der Waals surface area contributed by atoms with Crippen molar-refractivity contribution in [2.45, 2.75) is 19.9 Å². The number of rotatable bonds is 6. The van der Waals surface area contributed by atoms with Crippen molar-refractivity contribution in [3.63, 3.8) is 0 Å². The molecule has 1 heterocycles. The Hall–Kier alpha value is -1.95. The van der Waals surface area contributed by atoms with Crippen LogP contribution in [-0.2, 0) is 6.54 Å². The average molecular weight is 281 g/mol. The number of nitrogens with one attached hydrogen (secondary N) is 1. The lowest BCUT2D eigenvalue weighted by Gasteiger charge is -2.10. The fourth-order valence-electron chi connectivity index (χ4n) is 1.97. The molecule has 108 valence electrons. The Labute approximate surface area is 116 Å². The first kappa shape index (κ1) is 14.5. The van der Waals surface area contributed by atoms with Crippen molar-refractivity contribution in [2.75, 3.05) is 13.7 Å². The first-order valence-corrected chi connectivity index (χ1v) is 6.37. The Bertz CT molecular complexity index is 569. The SMILES string of the molecule is CCNCc1cnn(-c2cccc(OC)c2)c1C(F)F. The van der Waals surface area contributed by atoms with Crippen molar-refractivity contribution < 1.29 is 13.5 Å². The molecule has 0 radical (unpaired) electrons. The highest BCUT2D eigenvalue weighted by atomic mass is 19.3. The summed E-state index contributed by atoms with van der Waals surface area (Å²) >= 11 is 0. The molecular weight excluding hydrogens is 264 g/mol. The molecule has 1 N–H and O–H groups in total. The van der Waals surface area contributed by atoms with Gasteiger partial charge in [0.05, 0.1) is 19.0 Å². The minimum absolute atomic E-state index is 0.0841. The van der Waals surface area contributed by atoms with Gasteiger partial charge in [-0.25, -0.2) is 13.5 Å². The Kier molecular flexibility index (Phi) is 4.68. The summed E-state index contributed by atoms with van der Waals surface area (Å²) in [6.45, 7) is 3.02. The molecule has 0 unspecified atom stereocenters. The van der Waals surface area contributed by atoms with Crippen LogP contribution in [0.4, 0.5) is 8.78 Å². The smallest absolute Gasteiger partial charge is 0.280 e. The van der Waals surface area contributed by atoms with Gasteiger partial charge in [0.1, 0.15) is 11.4 Å². The summed E-state index contributed by atoms with van der Waals surface area (Å²) in [5.41, 5.74) is 0.978. The third-order valence-electron chi connectivity index (χ3n) is 2.96. The molecule has 0 aliphatic heterocycles. The first-order valence-electron chi connectivity index (χ1n) is 6.37. The van der Waals surface area contributed by atoms with Crippen LogP contribution in [0.5, 0.6) is 5.75 Å². The number of nitrogens with zero attached hydrogens (tertiary/aromatic N) is 2. The summed E-state index contributed by atoms with van der Waals surface area (Å²) < 4.78 is 33.0. The van der Waals surface area contributed by atoms with Crippen molar-refractivity contribution >= 4 is 0 Å². The fraction of sp³-hybridized carbons (Fsp3) is 0.357. The predicted octanol–water partition coefficient (Wildman–Crippen LogP) is 2.93.